The Kier molecular flexibility index (Phi) is 5.63. The predicted molar refractivity (Wildman–Crippen MR) is 53.3 cm³/mol. The van der Waals surface area contributed by atoms with Crippen molar-refractivity contribution >= 4 is 12.4 Å². The molecule has 0 fully saturated rings. The van der Waals surface area contributed by atoms with Crippen LogP contribution < -0.4 is 10.5 Å². The summed E-state index contributed by atoms with van der Waals surface area (Å²) in [5, 5.41) is 0. The van der Waals surface area contributed by atoms with E-state index in [1.165, 1.54) is 0 Å². The van der Waals surface area contributed by atoms with E-state index in [1.807, 2.05) is 0 Å². The summed E-state index contributed by atoms with van der Waals surface area (Å²) in [6, 6.07) is 1.87. The van der Waals surface area contributed by atoms with Crippen molar-refractivity contribution in [3.63, 3.8) is 0 Å². The van der Waals surface area contributed by atoms with Crippen LogP contribution in [0.15, 0.2) is 24.3 Å². The maximum atomic E-state index is 12.2. The van der Waals surface area contributed by atoms with Crippen molar-refractivity contribution in [2.75, 3.05) is 0 Å². The molecule has 2 N–H and O–H groups in total. The number of alkyl halides is 5. The van der Waals surface area contributed by atoms with Crippen molar-refractivity contribution < 1.29 is 26.7 Å². The highest BCUT2D eigenvalue weighted by atomic mass is 35.5. The van der Waals surface area contributed by atoms with Gasteiger partial charge in [-0.2, -0.15) is 22.0 Å². The summed E-state index contributed by atoms with van der Waals surface area (Å²) in [6.45, 7) is -3.01. The molecule has 1 aromatic carbocycles. The molecule has 2 nitrogen and oxygen atoms in total. The van der Waals surface area contributed by atoms with Gasteiger partial charge in [-0.3, -0.25) is 0 Å². The highest BCUT2D eigenvalue weighted by molar-refractivity contribution is 5.85. The summed E-state index contributed by atoms with van der Waals surface area (Å²) in [6.07, 6.45) is -4.56. The number of benzene rings is 1. The minimum atomic E-state index is -4.56. The molecule has 0 saturated heterocycles. The van der Waals surface area contributed by atoms with Gasteiger partial charge in [-0.25, -0.2) is 0 Å². The van der Waals surface area contributed by atoms with Crippen molar-refractivity contribution in [3.8, 4) is 5.75 Å². The van der Waals surface area contributed by atoms with Crippen LogP contribution in [0.3, 0.4) is 0 Å². The van der Waals surface area contributed by atoms with Gasteiger partial charge < -0.3 is 10.5 Å². The van der Waals surface area contributed by atoms with E-state index in [2.05, 4.69) is 4.74 Å². The molecular formula is C9H9ClF5NO. The third-order valence-electron chi connectivity index (χ3n) is 1.82. The molecule has 0 aliphatic rings. The molecule has 0 aliphatic heterocycles. The van der Waals surface area contributed by atoms with Crippen LogP contribution >= 0.6 is 12.4 Å². The summed E-state index contributed by atoms with van der Waals surface area (Å²) in [4.78, 5) is 0. The van der Waals surface area contributed by atoms with E-state index < -0.39 is 18.8 Å². The fourth-order valence-electron chi connectivity index (χ4n) is 1.05. The maximum Gasteiger partial charge on any atom is 0.407 e. The largest absolute Gasteiger partial charge is 0.435 e. The smallest absolute Gasteiger partial charge is 0.407 e. The molecule has 0 saturated carbocycles. The lowest BCUT2D eigenvalue weighted by Gasteiger charge is -2.16. The Labute approximate surface area is 100.0 Å². The molecule has 0 heterocycles. The molecule has 0 aromatic heterocycles. The van der Waals surface area contributed by atoms with Crippen molar-refractivity contribution in [2.45, 2.75) is 18.8 Å². The Morgan fingerprint density at radius 1 is 1.06 bits per heavy atom. The second-order valence-electron chi connectivity index (χ2n) is 2.97. The lowest BCUT2D eigenvalue weighted by Crippen LogP contribution is -2.28. The Balaban J connectivity index is 0.00000256. The standard InChI is InChI=1S/C9H8F5NO.ClH/c10-8(11)16-6-3-1-5(2-4-6)7(15)9(12,13)14;/h1-4,7-8H,15H2;1H/t7-;/m1./s1. The number of nitrogens with two attached hydrogens (primary N) is 1. The lowest BCUT2D eigenvalue weighted by molar-refractivity contribution is -0.149. The molecule has 0 radical (unpaired) electrons. The number of hydrogen-bond acceptors (Lipinski definition) is 2. The van der Waals surface area contributed by atoms with Gasteiger partial charge in [0, 0.05) is 0 Å². The number of ether oxygens (including phenoxy) is 1. The van der Waals surface area contributed by atoms with E-state index in [0.29, 0.717) is 0 Å². The van der Waals surface area contributed by atoms with E-state index in [1.54, 1.807) is 0 Å². The second kappa shape index (κ2) is 6.02. The molecule has 0 bridgehead atoms. The summed E-state index contributed by atoms with van der Waals surface area (Å²) in [7, 11) is 0. The topological polar surface area (TPSA) is 35.2 Å². The summed E-state index contributed by atoms with van der Waals surface area (Å²) >= 11 is 0. The fourth-order valence-corrected chi connectivity index (χ4v) is 1.05. The number of hydrogen-bond donors (Lipinski definition) is 1. The first-order valence-corrected chi connectivity index (χ1v) is 4.18. The molecule has 0 unspecified atom stereocenters. The molecule has 1 atom stereocenters. The maximum absolute atomic E-state index is 12.2. The van der Waals surface area contributed by atoms with E-state index >= 15 is 0 Å². The van der Waals surface area contributed by atoms with Crippen LogP contribution in [-0.2, 0) is 0 Å². The molecule has 0 aliphatic carbocycles. The van der Waals surface area contributed by atoms with Gasteiger partial charge >= 0.3 is 12.8 Å². The zero-order valence-corrected chi connectivity index (χ0v) is 9.06. The highest BCUT2D eigenvalue weighted by Gasteiger charge is 2.37. The van der Waals surface area contributed by atoms with E-state index in [0.717, 1.165) is 24.3 Å². The van der Waals surface area contributed by atoms with Gasteiger partial charge in [0.1, 0.15) is 11.8 Å². The first-order chi connectivity index (χ1) is 7.30. The van der Waals surface area contributed by atoms with Gasteiger partial charge in [-0.05, 0) is 17.7 Å². The van der Waals surface area contributed by atoms with E-state index in [9.17, 15) is 22.0 Å². The van der Waals surface area contributed by atoms with Gasteiger partial charge in [0.25, 0.3) is 0 Å². The summed E-state index contributed by atoms with van der Waals surface area (Å²) in [5.74, 6) is -0.215. The van der Waals surface area contributed by atoms with Crippen LogP contribution in [0.2, 0.25) is 0 Å². The Hall–Kier alpha value is -1.08. The van der Waals surface area contributed by atoms with Crippen molar-refractivity contribution in [1.82, 2.24) is 0 Å². The molecular weight excluding hydrogens is 269 g/mol. The van der Waals surface area contributed by atoms with E-state index in [-0.39, 0.29) is 23.7 Å². The van der Waals surface area contributed by atoms with Crippen LogP contribution in [0.1, 0.15) is 11.6 Å². The minimum Gasteiger partial charge on any atom is -0.435 e. The van der Waals surface area contributed by atoms with Crippen LogP contribution in [-0.4, -0.2) is 12.8 Å². The molecule has 1 rings (SSSR count). The zero-order valence-electron chi connectivity index (χ0n) is 8.25. The van der Waals surface area contributed by atoms with Crippen molar-refractivity contribution in [3.05, 3.63) is 29.8 Å². The van der Waals surface area contributed by atoms with Gasteiger partial charge in [-0.1, -0.05) is 12.1 Å². The van der Waals surface area contributed by atoms with Gasteiger partial charge in [-0.15, -0.1) is 12.4 Å². The molecule has 0 spiro atoms. The summed E-state index contributed by atoms with van der Waals surface area (Å²) < 4.78 is 64.0. The van der Waals surface area contributed by atoms with Gasteiger partial charge in [0.05, 0.1) is 0 Å². The van der Waals surface area contributed by atoms with Crippen LogP contribution in [0.25, 0.3) is 0 Å². The fraction of sp³-hybridized carbons (Fsp3) is 0.333. The van der Waals surface area contributed by atoms with E-state index in [4.69, 9.17) is 5.73 Å². The minimum absolute atomic E-state index is 0. The molecule has 0 amide bonds. The molecule has 8 heteroatoms. The van der Waals surface area contributed by atoms with Crippen LogP contribution in [0, 0.1) is 0 Å². The monoisotopic (exact) mass is 277 g/mol. The van der Waals surface area contributed by atoms with Crippen LogP contribution in [0.5, 0.6) is 5.75 Å². The number of halogens is 6. The highest BCUT2D eigenvalue weighted by Crippen LogP contribution is 2.31. The quantitative estimate of drug-likeness (QED) is 0.861. The third kappa shape index (κ3) is 4.74. The molecule has 1 aromatic rings. The normalized spacial score (nSPS) is 13.1. The van der Waals surface area contributed by atoms with Gasteiger partial charge in [0.15, 0.2) is 0 Å². The average Bonchev–Trinajstić information content (AvgIpc) is 2.15. The third-order valence-corrected chi connectivity index (χ3v) is 1.82. The Morgan fingerprint density at radius 3 is 1.88 bits per heavy atom. The predicted octanol–water partition coefficient (Wildman–Crippen LogP) is 3.27. The molecule has 98 valence electrons. The first kappa shape index (κ1) is 15.9. The Morgan fingerprint density at radius 2 is 1.53 bits per heavy atom. The average molecular weight is 278 g/mol. The summed E-state index contributed by atoms with van der Waals surface area (Å²) in [5.41, 5.74) is 4.70. The zero-order chi connectivity index (χ0) is 12.3. The van der Waals surface area contributed by atoms with Crippen molar-refractivity contribution in [2.24, 2.45) is 5.73 Å². The second-order valence-corrected chi connectivity index (χ2v) is 2.97. The first-order valence-electron chi connectivity index (χ1n) is 4.18. The number of rotatable bonds is 3. The van der Waals surface area contributed by atoms with Crippen LogP contribution in [0.4, 0.5) is 22.0 Å². The van der Waals surface area contributed by atoms with Gasteiger partial charge in [0.2, 0.25) is 0 Å². The SMILES string of the molecule is Cl.N[C@H](c1ccc(OC(F)F)cc1)C(F)(F)F. The molecule has 17 heavy (non-hydrogen) atoms. The lowest BCUT2D eigenvalue weighted by atomic mass is 10.1. The Bertz CT molecular complexity index is 340. The van der Waals surface area contributed by atoms with Crippen molar-refractivity contribution in [1.29, 1.82) is 0 Å².